The van der Waals surface area contributed by atoms with Crippen LogP contribution in [0.3, 0.4) is 0 Å². The maximum Gasteiger partial charge on any atom is 0.237 e. The van der Waals surface area contributed by atoms with Crippen LogP contribution in [0, 0.1) is 5.41 Å². The number of aromatic hydroxyl groups is 1. The molecule has 4 N–H and O–H groups in total. The topological polar surface area (TPSA) is 75.4 Å². The van der Waals surface area contributed by atoms with Gasteiger partial charge in [-0.2, -0.15) is 0 Å². The van der Waals surface area contributed by atoms with Gasteiger partial charge in [0.15, 0.2) is 0 Å². The lowest BCUT2D eigenvalue weighted by atomic mass is 9.75. The van der Waals surface area contributed by atoms with E-state index in [9.17, 15) is 9.90 Å². The minimum Gasteiger partial charge on any atom is -0.508 e. The molecule has 1 aliphatic carbocycles. The van der Waals surface area contributed by atoms with Gasteiger partial charge in [0, 0.05) is 6.54 Å². The molecule has 0 bridgehead atoms. The summed E-state index contributed by atoms with van der Waals surface area (Å²) in [5.41, 5.74) is 7.16. The van der Waals surface area contributed by atoms with Crippen molar-refractivity contribution in [3.63, 3.8) is 0 Å². The second-order valence-electron chi connectivity index (χ2n) is 6.57. The fourth-order valence-corrected chi connectivity index (χ4v) is 2.99. The van der Waals surface area contributed by atoms with Gasteiger partial charge in [0.25, 0.3) is 0 Å². The van der Waals surface area contributed by atoms with Crippen LogP contribution >= 0.6 is 0 Å². The number of nitrogens with two attached hydrogens (primary N) is 1. The summed E-state index contributed by atoms with van der Waals surface area (Å²) < 4.78 is 0. The molecule has 0 saturated heterocycles. The van der Waals surface area contributed by atoms with Gasteiger partial charge in [-0.05, 0) is 42.4 Å². The zero-order chi connectivity index (χ0) is 15.3. The Morgan fingerprint density at radius 3 is 2.52 bits per heavy atom. The fraction of sp³-hybridized carbons (Fsp3) is 0.588. The van der Waals surface area contributed by atoms with Crippen LogP contribution in [0.5, 0.6) is 5.75 Å². The van der Waals surface area contributed by atoms with Crippen LogP contribution in [0.4, 0.5) is 0 Å². The summed E-state index contributed by atoms with van der Waals surface area (Å²) in [6, 6.07) is 6.28. The molecule has 116 valence electrons. The van der Waals surface area contributed by atoms with Crippen molar-refractivity contribution in [2.75, 3.05) is 6.54 Å². The predicted molar refractivity (Wildman–Crippen MR) is 84.0 cm³/mol. The van der Waals surface area contributed by atoms with Gasteiger partial charge in [0.1, 0.15) is 5.75 Å². The van der Waals surface area contributed by atoms with Crippen LogP contribution in [-0.2, 0) is 11.2 Å². The van der Waals surface area contributed by atoms with Crippen molar-refractivity contribution >= 4 is 5.91 Å². The van der Waals surface area contributed by atoms with E-state index in [2.05, 4.69) is 12.2 Å². The molecule has 1 saturated carbocycles. The number of amides is 1. The molecule has 4 nitrogen and oxygen atoms in total. The quantitative estimate of drug-likeness (QED) is 0.779. The van der Waals surface area contributed by atoms with E-state index in [0.717, 1.165) is 12.1 Å². The van der Waals surface area contributed by atoms with Crippen molar-refractivity contribution < 1.29 is 9.90 Å². The first-order valence-electron chi connectivity index (χ1n) is 7.80. The molecule has 0 spiro atoms. The zero-order valence-electron chi connectivity index (χ0n) is 12.8. The molecule has 0 aliphatic heterocycles. The van der Waals surface area contributed by atoms with E-state index >= 15 is 0 Å². The van der Waals surface area contributed by atoms with E-state index in [0.29, 0.717) is 6.42 Å². The van der Waals surface area contributed by atoms with Crippen LogP contribution in [-0.4, -0.2) is 23.6 Å². The molecular formula is C17H26N2O2. The summed E-state index contributed by atoms with van der Waals surface area (Å²) in [6.07, 6.45) is 6.67. The first-order chi connectivity index (χ1) is 9.98. The number of benzene rings is 1. The van der Waals surface area contributed by atoms with E-state index in [4.69, 9.17) is 5.73 Å². The third-order valence-electron chi connectivity index (χ3n) is 4.48. The first-order valence-corrected chi connectivity index (χ1v) is 7.80. The zero-order valence-corrected chi connectivity index (χ0v) is 12.8. The summed E-state index contributed by atoms with van der Waals surface area (Å²) >= 11 is 0. The van der Waals surface area contributed by atoms with Crippen molar-refractivity contribution in [3.8, 4) is 5.75 Å². The molecule has 1 aromatic carbocycles. The number of hydrogen-bond donors (Lipinski definition) is 3. The molecule has 0 radical (unpaired) electrons. The fourth-order valence-electron chi connectivity index (χ4n) is 2.99. The third-order valence-corrected chi connectivity index (χ3v) is 4.48. The molecule has 1 amide bonds. The van der Waals surface area contributed by atoms with Crippen LogP contribution in [0.15, 0.2) is 24.3 Å². The van der Waals surface area contributed by atoms with Gasteiger partial charge in [-0.3, -0.25) is 4.79 Å². The second-order valence-corrected chi connectivity index (χ2v) is 6.57. The van der Waals surface area contributed by atoms with Gasteiger partial charge < -0.3 is 16.2 Å². The van der Waals surface area contributed by atoms with Crippen LogP contribution in [0.2, 0.25) is 0 Å². The molecule has 2 rings (SSSR count). The molecule has 0 unspecified atom stereocenters. The second kappa shape index (κ2) is 6.94. The van der Waals surface area contributed by atoms with Crippen LogP contribution in [0.1, 0.15) is 44.6 Å². The molecule has 1 atom stereocenters. The lowest BCUT2D eigenvalue weighted by Crippen LogP contribution is -2.46. The van der Waals surface area contributed by atoms with Crippen molar-refractivity contribution in [2.24, 2.45) is 11.1 Å². The largest absolute Gasteiger partial charge is 0.508 e. The highest BCUT2D eigenvalue weighted by Crippen LogP contribution is 2.34. The molecule has 21 heavy (non-hydrogen) atoms. The highest BCUT2D eigenvalue weighted by Gasteiger charge is 2.27. The Bertz CT molecular complexity index is 464. The Kier molecular flexibility index (Phi) is 5.23. The van der Waals surface area contributed by atoms with Gasteiger partial charge in [0.05, 0.1) is 6.04 Å². The lowest BCUT2D eigenvalue weighted by molar-refractivity contribution is -0.122. The van der Waals surface area contributed by atoms with E-state index in [1.807, 2.05) is 0 Å². The number of hydrogen-bond acceptors (Lipinski definition) is 3. The third kappa shape index (κ3) is 4.74. The van der Waals surface area contributed by atoms with Gasteiger partial charge in [-0.1, -0.05) is 38.3 Å². The van der Waals surface area contributed by atoms with Crippen LogP contribution in [0.25, 0.3) is 0 Å². The van der Waals surface area contributed by atoms with E-state index < -0.39 is 6.04 Å². The van der Waals surface area contributed by atoms with Crippen molar-refractivity contribution in [3.05, 3.63) is 29.8 Å². The Balaban J connectivity index is 1.80. The standard InChI is InChI=1S/C17H26N2O2/c1-17(9-3-2-4-10-17)12-19-16(21)15(18)11-13-5-7-14(20)8-6-13/h5-8,15,20H,2-4,9-12,18H2,1H3,(H,19,21)/t15-/m0/s1. The summed E-state index contributed by atoms with van der Waals surface area (Å²) in [5, 5.41) is 12.3. The Morgan fingerprint density at radius 1 is 1.29 bits per heavy atom. The minimum atomic E-state index is -0.540. The number of phenolic OH excluding ortho intramolecular Hbond substituents is 1. The maximum absolute atomic E-state index is 12.1. The Morgan fingerprint density at radius 2 is 1.90 bits per heavy atom. The average Bonchev–Trinajstić information content (AvgIpc) is 2.48. The SMILES string of the molecule is CC1(CNC(=O)[C@@H](N)Cc2ccc(O)cc2)CCCCC1. The van der Waals surface area contributed by atoms with E-state index in [-0.39, 0.29) is 17.1 Å². The van der Waals surface area contributed by atoms with Crippen molar-refractivity contribution in [1.82, 2.24) is 5.32 Å². The highest BCUT2D eigenvalue weighted by molar-refractivity contribution is 5.81. The smallest absolute Gasteiger partial charge is 0.237 e. The normalized spacial score (nSPS) is 19.0. The van der Waals surface area contributed by atoms with Gasteiger partial charge >= 0.3 is 0 Å². The minimum absolute atomic E-state index is 0.0881. The molecule has 4 heteroatoms. The van der Waals surface area contributed by atoms with Crippen LogP contribution < -0.4 is 11.1 Å². The van der Waals surface area contributed by atoms with E-state index in [1.54, 1.807) is 24.3 Å². The lowest BCUT2D eigenvalue weighted by Gasteiger charge is -2.34. The van der Waals surface area contributed by atoms with Crippen molar-refractivity contribution in [2.45, 2.75) is 51.5 Å². The van der Waals surface area contributed by atoms with Gasteiger partial charge in [0.2, 0.25) is 5.91 Å². The van der Waals surface area contributed by atoms with Gasteiger partial charge in [-0.25, -0.2) is 0 Å². The summed E-state index contributed by atoms with van der Waals surface area (Å²) in [5.74, 6) is 0.136. The maximum atomic E-state index is 12.1. The summed E-state index contributed by atoms with van der Waals surface area (Å²) in [4.78, 5) is 12.1. The molecular weight excluding hydrogens is 264 g/mol. The molecule has 0 heterocycles. The molecule has 0 aromatic heterocycles. The molecule has 1 fully saturated rings. The molecule has 1 aliphatic rings. The number of carbonyl (C=O) groups is 1. The number of rotatable bonds is 5. The van der Waals surface area contributed by atoms with Gasteiger partial charge in [-0.15, -0.1) is 0 Å². The predicted octanol–water partition coefficient (Wildman–Crippen LogP) is 2.35. The molecule has 1 aromatic rings. The number of nitrogens with one attached hydrogen (secondary N) is 1. The number of carbonyl (C=O) groups excluding carboxylic acids is 1. The highest BCUT2D eigenvalue weighted by atomic mass is 16.3. The summed E-state index contributed by atoms with van der Waals surface area (Å²) in [6.45, 7) is 2.97. The monoisotopic (exact) mass is 290 g/mol. The average molecular weight is 290 g/mol. The summed E-state index contributed by atoms with van der Waals surface area (Å²) in [7, 11) is 0. The van der Waals surface area contributed by atoms with Crippen molar-refractivity contribution in [1.29, 1.82) is 0 Å². The first kappa shape index (κ1) is 15.8. The Labute approximate surface area is 126 Å². The number of phenols is 1. The Hall–Kier alpha value is -1.55. The van der Waals surface area contributed by atoms with E-state index in [1.165, 1.54) is 32.1 Å².